The summed E-state index contributed by atoms with van der Waals surface area (Å²) in [7, 11) is 3.91. The van der Waals surface area contributed by atoms with E-state index < -0.39 is 0 Å². The zero-order chi connectivity index (χ0) is 10.7. The van der Waals surface area contributed by atoms with Gasteiger partial charge in [-0.15, -0.1) is 0 Å². The summed E-state index contributed by atoms with van der Waals surface area (Å²) in [6.07, 6.45) is 1.51. The van der Waals surface area contributed by atoms with Crippen LogP contribution in [0, 0.1) is 0 Å². The van der Waals surface area contributed by atoms with Gasteiger partial charge in [-0.25, -0.2) is 15.8 Å². The molecule has 1 aromatic heterocycles. The second-order valence-electron chi connectivity index (χ2n) is 3.65. The molecular weight excluding hydrogens is 178 g/mol. The third-order valence-corrected chi connectivity index (χ3v) is 2.00. The molecular formula is C9H17N5. The number of nitrogens with zero attached hydrogens (tertiary/aromatic N) is 3. The van der Waals surface area contributed by atoms with E-state index in [1.807, 2.05) is 19.0 Å². The maximum atomic E-state index is 5.40. The molecule has 0 aliphatic carbocycles. The molecule has 0 aliphatic rings. The molecule has 5 heteroatoms. The molecule has 1 aromatic rings. The van der Waals surface area contributed by atoms with E-state index >= 15 is 0 Å². The number of nitrogen functional groups attached to an aromatic ring is 1. The average Bonchev–Trinajstić information content (AvgIpc) is 2.16. The van der Waals surface area contributed by atoms with Crippen LogP contribution >= 0.6 is 0 Å². The summed E-state index contributed by atoms with van der Waals surface area (Å²) in [6.45, 7) is 4.18. The van der Waals surface area contributed by atoms with Crippen LogP contribution in [0.25, 0.3) is 0 Å². The van der Waals surface area contributed by atoms with Crippen LogP contribution in [0.1, 0.15) is 25.3 Å². The number of nitrogens with one attached hydrogen (secondary N) is 1. The predicted octanol–water partition coefficient (Wildman–Crippen LogP) is 0.952. The zero-order valence-electron chi connectivity index (χ0n) is 9.07. The Morgan fingerprint density at radius 2 is 2.00 bits per heavy atom. The van der Waals surface area contributed by atoms with Gasteiger partial charge in [-0.05, 0) is 5.92 Å². The van der Waals surface area contributed by atoms with E-state index in [0.29, 0.717) is 11.7 Å². The zero-order valence-corrected chi connectivity index (χ0v) is 9.07. The molecule has 14 heavy (non-hydrogen) atoms. The molecule has 0 fully saturated rings. The lowest BCUT2D eigenvalue weighted by Crippen LogP contribution is -2.18. The Bertz CT molecular complexity index is 308. The van der Waals surface area contributed by atoms with Gasteiger partial charge in [0.25, 0.3) is 0 Å². The Morgan fingerprint density at radius 3 is 2.43 bits per heavy atom. The highest BCUT2D eigenvalue weighted by Gasteiger charge is 2.15. The Kier molecular flexibility index (Phi) is 3.24. The number of rotatable bonds is 3. The lowest BCUT2D eigenvalue weighted by atomic mass is 10.0. The predicted molar refractivity (Wildman–Crippen MR) is 58.3 cm³/mol. The molecule has 0 saturated carbocycles. The number of hydrogen-bond acceptors (Lipinski definition) is 5. The van der Waals surface area contributed by atoms with Crippen LogP contribution in [-0.2, 0) is 0 Å². The van der Waals surface area contributed by atoms with Crippen molar-refractivity contribution in [1.82, 2.24) is 9.97 Å². The topological polar surface area (TPSA) is 67.1 Å². The first-order valence-corrected chi connectivity index (χ1v) is 4.56. The summed E-state index contributed by atoms with van der Waals surface area (Å²) in [4.78, 5) is 10.3. The highest BCUT2D eigenvalue weighted by atomic mass is 15.3. The fraction of sp³-hybridized carbons (Fsp3) is 0.556. The molecule has 1 rings (SSSR count). The van der Waals surface area contributed by atoms with Crippen LogP contribution in [0.5, 0.6) is 0 Å². The summed E-state index contributed by atoms with van der Waals surface area (Å²) in [5.74, 6) is 7.33. The summed E-state index contributed by atoms with van der Waals surface area (Å²) in [5, 5.41) is 0. The van der Waals surface area contributed by atoms with Crippen molar-refractivity contribution in [3.63, 3.8) is 0 Å². The Balaban J connectivity index is 3.28. The normalized spacial score (nSPS) is 10.4. The smallest absolute Gasteiger partial charge is 0.148 e. The second-order valence-corrected chi connectivity index (χ2v) is 3.65. The standard InChI is InChI=1S/C9H17N5/c1-6(2)7-8(13-10)11-5-12-9(7)14(3)4/h5-6H,10H2,1-4H3,(H,11,12,13). The summed E-state index contributed by atoms with van der Waals surface area (Å²) in [6, 6.07) is 0. The van der Waals surface area contributed by atoms with E-state index in [4.69, 9.17) is 5.84 Å². The van der Waals surface area contributed by atoms with Crippen molar-refractivity contribution in [3.05, 3.63) is 11.9 Å². The fourth-order valence-corrected chi connectivity index (χ4v) is 1.39. The van der Waals surface area contributed by atoms with Crippen LogP contribution in [0.15, 0.2) is 6.33 Å². The third kappa shape index (κ3) is 1.93. The van der Waals surface area contributed by atoms with Gasteiger partial charge in [0.05, 0.1) is 0 Å². The fourth-order valence-electron chi connectivity index (χ4n) is 1.39. The molecule has 0 radical (unpaired) electrons. The summed E-state index contributed by atoms with van der Waals surface area (Å²) >= 11 is 0. The van der Waals surface area contributed by atoms with E-state index in [1.165, 1.54) is 6.33 Å². The van der Waals surface area contributed by atoms with Crippen molar-refractivity contribution in [2.45, 2.75) is 19.8 Å². The van der Waals surface area contributed by atoms with Crippen molar-refractivity contribution in [1.29, 1.82) is 0 Å². The van der Waals surface area contributed by atoms with Gasteiger partial charge in [-0.3, -0.25) is 0 Å². The molecule has 0 bridgehead atoms. The van der Waals surface area contributed by atoms with Crippen molar-refractivity contribution >= 4 is 11.6 Å². The van der Waals surface area contributed by atoms with Gasteiger partial charge in [0.1, 0.15) is 18.0 Å². The minimum Gasteiger partial charge on any atom is -0.362 e. The Labute approximate surface area is 84.3 Å². The summed E-state index contributed by atoms with van der Waals surface area (Å²) in [5.41, 5.74) is 3.64. The van der Waals surface area contributed by atoms with Crippen molar-refractivity contribution in [3.8, 4) is 0 Å². The van der Waals surface area contributed by atoms with E-state index in [9.17, 15) is 0 Å². The number of hydrogen-bond donors (Lipinski definition) is 2. The molecule has 0 aliphatic heterocycles. The van der Waals surface area contributed by atoms with Crippen LogP contribution in [0.4, 0.5) is 11.6 Å². The van der Waals surface area contributed by atoms with Gasteiger partial charge in [0, 0.05) is 19.7 Å². The number of anilines is 2. The molecule has 0 unspecified atom stereocenters. The largest absolute Gasteiger partial charge is 0.362 e. The van der Waals surface area contributed by atoms with Gasteiger partial charge in [-0.2, -0.15) is 0 Å². The van der Waals surface area contributed by atoms with Crippen molar-refractivity contribution in [2.24, 2.45) is 5.84 Å². The second kappa shape index (κ2) is 4.23. The maximum Gasteiger partial charge on any atom is 0.148 e. The maximum absolute atomic E-state index is 5.40. The molecule has 0 spiro atoms. The van der Waals surface area contributed by atoms with Gasteiger partial charge < -0.3 is 10.3 Å². The molecule has 0 amide bonds. The van der Waals surface area contributed by atoms with Crippen LogP contribution in [0.3, 0.4) is 0 Å². The molecule has 5 nitrogen and oxygen atoms in total. The van der Waals surface area contributed by atoms with Crippen LogP contribution < -0.4 is 16.2 Å². The molecule has 1 heterocycles. The summed E-state index contributed by atoms with van der Waals surface area (Å²) < 4.78 is 0. The molecule has 78 valence electrons. The third-order valence-electron chi connectivity index (χ3n) is 2.00. The lowest BCUT2D eigenvalue weighted by Gasteiger charge is -2.19. The monoisotopic (exact) mass is 195 g/mol. The van der Waals surface area contributed by atoms with Crippen molar-refractivity contribution in [2.75, 3.05) is 24.4 Å². The SMILES string of the molecule is CC(C)c1c(NN)ncnc1N(C)C. The number of hydrazine groups is 1. The van der Waals surface area contributed by atoms with E-state index in [0.717, 1.165) is 11.4 Å². The highest BCUT2D eigenvalue weighted by Crippen LogP contribution is 2.28. The molecule has 0 saturated heterocycles. The number of aromatic nitrogens is 2. The quantitative estimate of drug-likeness (QED) is 0.555. The van der Waals surface area contributed by atoms with Crippen molar-refractivity contribution < 1.29 is 0 Å². The first kappa shape index (κ1) is 10.7. The highest BCUT2D eigenvalue weighted by molar-refractivity contribution is 5.59. The molecule has 0 aromatic carbocycles. The Morgan fingerprint density at radius 1 is 1.36 bits per heavy atom. The van der Waals surface area contributed by atoms with Gasteiger partial charge in [-0.1, -0.05) is 13.8 Å². The van der Waals surface area contributed by atoms with E-state index in [-0.39, 0.29) is 0 Å². The van der Waals surface area contributed by atoms with Crippen LogP contribution in [0.2, 0.25) is 0 Å². The first-order chi connectivity index (χ1) is 6.57. The minimum atomic E-state index is 0.333. The van der Waals surface area contributed by atoms with Gasteiger partial charge >= 0.3 is 0 Å². The Hall–Kier alpha value is -1.36. The molecule has 0 atom stereocenters. The van der Waals surface area contributed by atoms with Crippen LogP contribution in [-0.4, -0.2) is 24.1 Å². The minimum absolute atomic E-state index is 0.333. The van der Waals surface area contributed by atoms with Gasteiger partial charge in [0.15, 0.2) is 0 Å². The number of nitrogens with two attached hydrogens (primary N) is 1. The average molecular weight is 195 g/mol. The lowest BCUT2D eigenvalue weighted by molar-refractivity contribution is 0.834. The van der Waals surface area contributed by atoms with E-state index in [1.54, 1.807) is 0 Å². The van der Waals surface area contributed by atoms with Gasteiger partial charge in [0.2, 0.25) is 0 Å². The molecule has 3 N–H and O–H groups in total. The first-order valence-electron chi connectivity index (χ1n) is 4.56. The van der Waals surface area contributed by atoms with E-state index in [2.05, 4.69) is 29.2 Å².